The second-order valence-electron chi connectivity index (χ2n) is 8.34. The van der Waals surface area contributed by atoms with Gasteiger partial charge in [0.2, 0.25) is 0 Å². The Balaban J connectivity index is 2.17. The summed E-state index contributed by atoms with van der Waals surface area (Å²) in [5.74, 6) is 0.316. The molecule has 0 bridgehead atoms. The number of nitrogens with one attached hydrogen (secondary N) is 1. The zero-order valence-corrected chi connectivity index (χ0v) is 21.3. The molecule has 1 N–H and O–H groups in total. The summed E-state index contributed by atoms with van der Waals surface area (Å²) in [7, 11) is 1.73. The zero-order valence-electron chi connectivity index (χ0n) is 18.9. The lowest BCUT2D eigenvalue weighted by molar-refractivity contribution is -0.113. The molecule has 0 radical (unpaired) electrons. The minimum Gasteiger partial charge on any atom is -0.372 e. The van der Waals surface area contributed by atoms with Gasteiger partial charge in [-0.15, -0.1) is 0 Å². The van der Waals surface area contributed by atoms with Gasteiger partial charge in [-0.1, -0.05) is 37.1 Å². The summed E-state index contributed by atoms with van der Waals surface area (Å²) in [4.78, 5) is 29.8. The maximum Gasteiger partial charge on any atom is 0.253 e. The smallest absolute Gasteiger partial charge is 0.253 e. The Morgan fingerprint density at radius 3 is 2.62 bits per heavy atom. The number of aliphatic imine (C=N–C) groups is 1. The second kappa shape index (κ2) is 10.6. The van der Waals surface area contributed by atoms with Crippen LogP contribution in [-0.4, -0.2) is 15.0 Å². The first-order valence-electron chi connectivity index (χ1n) is 10.9. The summed E-state index contributed by atoms with van der Waals surface area (Å²) >= 11 is 9.85. The summed E-state index contributed by atoms with van der Waals surface area (Å²) in [6.07, 6.45) is 5.38. The third-order valence-corrected chi connectivity index (χ3v) is 6.91. The second-order valence-corrected chi connectivity index (χ2v) is 9.58. The molecule has 0 fully saturated rings. The molecule has 32 heavy (non-hydrogen) atoms. The van der Waals surface area contributed by atoms with Gasteiger partial charge in [-0.05, 0) is 72.8 Å². The van der Waals surface area contributed by atoms with Gasteiger partial charge in [0.25, 0.3) is 5.56 Å². The van der Waals surface area contributed by atoms with E-state index in [4.69, 9.17) is 16.6 Å². The Morgan fingerprint density at radius 2 is 2.03 bits per heavy atom. The van der Waals surface area contributed by atoms with Crippen LogP contribution in [0.4, 0.5) is 5.69 Å². The monoisotopic (exact) mass is 517 g/mol. The fraction of sp³-hybridized carbons (Fsp3) is 0.400. The van der Waals surface area contributed by atoms with Crippen LogP contribution in [0.3, 0.4) is 0 Å². The number of nitrogens with zero attached hydrogens (tertiary/aromatic N) is 2. The van der Waals surface area contributed by atoms with Gasteiger partial charge in [-0.3, -0.25) is 9.59 Å². The molecular formula is C25H29BrClN3O2. The number of pyridine rings is 1. The lowest BCUT2D eigenvalue weighted by atomic mass is 9.93. The predicted octanol–water partition coefficient (Wildman–Crippen LogP) is 6.35. The number of benzene rings is 1. The van der Waals surface area contributed by atoms with Crippen LogP contribution in [0.2, 0.25) is 5.02 Å². The summed E-state index contributed by atoms with van der Waals surface area (Å²) in [6, 6.07) is 9.00. The van der Waals surface area contributed by atoms with Crippen molar-refractivity contribution in [2.24, 2.45) is 18.0 Å². The minimum atomic E-state index is -0.379. The van der Waals surface area contributed by atoms with Crippen molar-refractivity contribution in [1.29, 1.82) is 0 Å². The number of rotatable bonds is 7. The molecule has 1 aliphatic rings. The van der Waals surface area contributed by atoms with Crippen LogP contribution in [0, 0.1) is 12.8 Å². The van der Waals surface area contributed by atoms with E-state index in [1.54, 1.807) is 31.7 Å². The molecule has 1 aromatic heterocycles. The molecule has 2 heterocycles. The zero-order chi connectivity index (χ0) is 23.4. The van der Waals surface area contributed by atoms with Crippen molar-refractivity contribution in [2.75, 3.05) is 5.32 Å². The van der Waals surface area contributed by atoms with Crippen molar-refractivity contribution in [1.82, 2.24) is 4.57 Å². The molecule has 0 saturated carbocycles. The third-order valence-electron chi connectivity index (χ3n) is 5.83. The summed E-state index contributed by atoms with van der Waals surface area (Å²) in [5, 5.41) is 4.17. The number of anilines is 1. The molecule has 1 aliphatic heterocycles. The van der Waals surface area contributed by atoms with Crippen LogP contribution in [0.5, 0.6) is 0 Å². The van der Waals surface area contributed by atoms with Gasteiger partial charge in [-0.2, -0.15) is 0 Å². The molecule has 5 nitrogen and oxygen atoms in total. The molecule has 7 heteroatoms. The highest BCUT2D eigenvalue weighted by atomic mass is 79.9. The Hall–Kier alpha value is -2.18. The molecule has 0 amide bonds. The van der Waals surface area contributed by atoms with Crippen LogP contribution in [-0.2, 0) is 11.8 Å². The Bertz CT molecular complexity index is 1090. The van der Waals surface area contributed by atoms with Crippen molar-refractivity contribution in [3.8, 4) is 0 Å². The number of aromatic nitrogens is 1. The van der Waals surface area contributed by atoms with Gasteiger partial charge in [0.05, 0.1) is 22.0 Å². The van der Waals surface area contributed by atoms with Crippen molar-refractivity contribution >= 4 is 43.6 Å². The average Bonchev–Trinajstić information content (AvgIpc) is 2.90. The minimum absolute atomic E-state index is 0.0265. The fourth-order valence-electron chi connectivity index (χ4n) is 4.13. The quantitative estimate of drug-likeness (QED) is 0.465. The number of aryl methyl sites for hydroxylation is 2. The topological polar surface area (TPSA) is 63.5 Å². The number of carbonyl (C=O) groups excluding carboxylic acids is 1. The van der Waals surface area contributed by atoms with Crippen LogP contribution in [0.25, 0.3) is 0 Å². The van der Waals surface area contributed by atoms with Crippen LogP contribution in [0.1, 0.15) is 56.7 Å². The van der Waals surface area contributed by atoms with E-state index in [-0.39, 0.29) is 23.3 Å². The maximum atomic E-state index is 12.7. The van der Waals surface area contributed by atoms with Gasteiger partial charge in [0.1, 0.15) is 0 Å². The van der Waals surface area contributed by atoms with Crippen LogP contribution < -0.4 is 10.9 Å². The van der Waals surface area contributed by atoms with Gasteiger partial charge in [0.15, 0.2) is 5.78 Å². The molecule has 0 saturated heterocycles. The van der Waals surface area contributed by atoms with Crippen LogP contribution >= 0.6 is 27.5 Å². The lowest BCUT2D eigenvalue weighted by Gasteiger charge is -2.24. The number of hydrogen-bond acceptors (Lipinski definition) is 4. The van der Waals surface area contributed by atoms with Gasteiger partial charge >= 0.3 is 0 Å². The number of carbonyl (C=O) groups is 1. The van der Waals surface area contributed by atoms with E-state index >= 15 is 0 Å². The SMILES string of the molecule is CCCC1CCC(C(C)=O)=C(C(Nc2cc(C)c(=O)n(C)c2)c2ccc(Cl)cc2)N=C1Br. The first-order chi connectivity index (χ1) is 15.2. The van der Waals surface area contributed by atoms with Crippen molar-refractivity contribution in [3.63, 3.8) is 0 Å². The standard InChI is InChI=1S/C25H29BrClN3O2/c1-5-6-18-9-12-21(16(3)31)23(29-24(18)26)22(17-7-10-19(27)11-8-17)28-20-13-15(2)25(32)30(4)14-20/h7-8,10-11,13-14,18,22,28H,5-6,9,12H2,1-4H3. The van der Waals surface area contributed by atoms with E-state index < -0.39 is 0 Å². The lowest BCUT2D eigenvalue weighted by Crippen LogP contribution is -2.21. The van der Waals surface area contributed by atoms with E-state index in [2.05, 4.69) is 28.2 Å². The maximum absolute atomic E-state index is 12.7. The predicted molar refractivity (Wildman–Crippen MR) is 136 cm³/mol. The van der Waals surface area contributed by atoms with Crippen LogP contribution in [0.15, 0.2) is 57.6 Å². The number of ketones is 1. The molecule has 2 atom stereocenters. The number of hydrogen-bond donors (Lipinski definition) is 1. The van der Waals surface area contributed by atoms with E-state index in [1.165, 1.54) is 0 Å². The van der Waals surface area contributed by atoms with Crippen molar-refractivity contribution < 1.29 is 4.79 Å². The molecule has 170 valence electrons. The molecule has 2 aromatic rings. The summed E-state index contributed by atoms with van der Waals surface area (Å²) in [5.41, 5.74) is 3.75. The van der Waals surface area contributed by atoms with E-state index in [0.29, 0.717) is 22.7 Å². The fourth-order valence-corrected chi connectivity index (χ4v) is 4.91. The van der Waals surface area contributed by atoms with Gasteiger partial charge in [-0.25, -0.2) is 4.99 Å². The van der Waals surface area contributed by atoms with Crippen molar-refractivity contribution in [2.45, 2.75) is 52.5 Å². The Labute approximate surface area is 202 Å². The summed E-state index contributed by atoms with van der Waals surface area (Å²) < 4.78 is 2.43. The highest BCUT2D eigenvalue weighted by Gasteiger charge is 2.28. The Kier molecular flexibility index (Phi) is 8.12. The van der Waals surface area contributed by atoms with E-state index in [9.17, 15) is 9.59 Å². The molecule has 3 rings (SSSR count). The molecular weight excluding hydrogens is 490 g/mol. The van der Waals surface area contributed by atoms with E-state index in [0.717, 1.165) is 40.7 Å². The molecule has 0 spiro atoms. The first kappa shape index (κ1) is 24.5. The molecule has 0 aliphatic carbocycles. The largest absolute Gasteiger partial charge is 0.372 e. The highest BCUT2D eigenvalue weighted by Crippen LogP contribution is 2.37. The third kappa shape index (κ3) is 5.59. The average molecular weight is 519 g/mol. The molecule has 1 aromatic carbocycles. The molecule has 2 unspecified atom stereocenters. The van der Waals surface area contributed by atoms with Gasteiger partial charge in [0, 0.05) is 35.3 Å². The first-order valence-corrected chi connectivity index (χ1v) is 12.1. The van der Waals surface area contributed by atoms with Crippen molar-refractivity contribution in [3.05, 3.63) is 74.3 Å². The highest BCUT2D eigenvalue weighted by molar-refractivity contribution is 9.18. The number of halogens is 2. The van der Waals surface area contributed by atoms with Gasteiger partial charge < -0.3 is 9.88 Å². The normalized spacial score (nSPS) is 17.6. The Morgan fingerprint density at radius 1 is 1.34 bits per heavy atom. The number of Topliss-reactive ketones (excluding diaryl/α,β-unsaturated/α-hetero) is 1. The number of allylic oxidation sites excluding steroid dienone is 1. The van der Waals surface area contributed by atoms with E-state index in [1.807, 2.05) is 30.3 Å². The summed E-state index contributed by atoms with van der Waals surface area (Å²) in [6.45, 7) is 5.56.